The summed E-state index contributed by atoms with van der Waals surface area (Å²) in [6.07, 6.45) is -0.0267. The van der Waals surface area contributed by atoms with Gasteiger partial charge in [0, 0.05) is 6.54 Å². The molecular formula is C15H18FNO5. The highest BCUT2D eigenvalue weighted by atomic mass is 19.1. The highest BCUT2D eigenvalue weighted by molar-refractivity contribution is 5.84. The summed E-state index contributed by atoms with van der Waals surface area (Å²) in [6, 6.07) is 5.48. The Balaban J connectivity index is 2.70. The number of carbonyl (C=O) groups excluding carboxylic acids is 3. The molecule has 0 atom stereocenters. The van der Waals surface area contributed by atoms with Gasteiger partial charge in [0.15, 0.2) is 0 Å². The third-order valence-electron chi connectivity index (χ3n) is 2.98. The van der Waals surface area contributed by atoms with E-state index in [9.17, 15) is 18.8 Å². The van der Waals surface area contributed by atoms with Gasteiger partial charge < -0.3 is 14.4 Å². The second kappa shape index (κ2) is 8.76. The molecule has 0 aliphatic carbocycles. The van der Waals surface area contributed by atoms with Gasteiger partial charge in [0.1, 0.15) is 12.4 Å². The van der Waals surface area contributed by atoms with Crippen LogP contribution in [0.1, 0.15) is 12.0 Å². The van der Waals surface area contributed by atoms with Gasteiger partial charge in [-0.3, -0.25) is 14.4 Å². The summed E-state index contributed by atoms with van der Waals surface area (Å²) in [6.45, 7) is -0.213. The fourth-order valence-electron chi connectivity index (χ4n) is 1.73. The van der Waals surface area contributed by atoms with Crippen LogP contribution in [-0.2, 0) is 30.3 Å². The summed E-state index contributed by atoms with van der Waals surface area (Å²) in [5.41, 5.74) is 0.610. The van der Waals surface area contributed by atoms with Crippen molar-refractivity contribution in [2.24, 2.45) is 0 Å². The second-order valence-corrected chi connectivity index (χ2v) is 4.52. The lowest BCUT2D eigenvalue weighted by atomic mass is 10.1. The standard InChI is InChI=1S/C15H18FNO5/c1-21-14(19)7-8-17(10-15(20)22-2)13(18)9-11-3-5-12(16)6-4-11/h3-6H,7-10H2,1-2H3. The fraction of sp³-hybridized carbons (Fsp3) is 0.400. The smallest absolute Gasteiger partial charge is 0.325 e. The van der Waals surface area contributed by atoms with Crippen LogP contribution in [0.3, 0.4) is 0 Å². The first-order valence-electron chi connectivity index (χ1n) is 6.62. The van der Waals surface area contributed by atoms with Crippen molar-refractivity contribution < 1.29 is 28.2 Å². The molecule has 0 aliphatic rings. The maximum atomic E-state index is 12.8. The monoisotopic (exact) mass is 311 g/mol. The minimum atomic E-state index is -0.586. The van der Waals surface area contributed by atoms with E-state index in [1.54, 1.807) is 0 Å². The van der Waals surface area contributed by atoms with Gasteiger partial charge in [-0.1, -0.05) is 12.1 Å². The molecule has 0 heterocycles. The number of amides is 1. The van der Waals surface area contributed by atoms with Gasteiger partial charge in [-0.2, -0.15) is 0 Å². The van der Waals surface area contributed by atoms with Gasteiger partial charge in [-0.15, -0.1) is 0 Å². The van der Waals surface area contributed by atoms with Crippen molar-refractivity contribution in [2.75, 3.05) is 27.3 Å². The lowest BCUT2D eigenvalue weighted by Crippen LogP contribution is -2.38. The van der Waals surface area contributed by atoms with E-state index in [0.29, 0.717) is 5.56 Å². The van der Waals surface area contributed by atoms with Crippen molar-refractivity contribution in [1.82, 2.24) is 4.90 Å². The first-order valence-corrected chi connectivity index (χ1v) is 6.62. The molecule has 7 heteroatoms. The quantitative estimate of drug-likeness (QED) is 0.701. The number of carbonyl (C=O) groups is 3. The van der Waals surface area contributed by atoms with Gasteiger partial charge in [0.25, 0.3) is 0 Å². The molecule has 0 bridgehead atoms. The number of nitrogens with zero attached hydrogens (tertiary/aromatic N) is 1. The van der Waals surface area contributed by atoms with Crippen molar-refractivity contribution in [3.8, 4) is 0 Å². The fourth-order valence-corrected chi connectivity index (χ4v) is 1.73. The summed E-state index contributed by atoms with van der Waals surface area (Å²) in [7, 11) is 2.46. The van der Waals surface area contributed by atoms with Crippen molar-refractivity contribution >= 4 is 17.8 Å². The first-order chi connectivity index (χ1) is 10.5. The Labute approximate surface area is 127 Å². The molecule has 0 aliphatic heterocycles. The molecule has 0 saturated carbocycles. The lowest BCUT2D eigenvalue weighted by Gasteiger charge is -2.21. The highest BCUT2D eigenvalue weighted by Crippen LogP contribution is 2.06. The topological polar surface area (TPSA) is 72.9 Å². The van der Waals surface area contributed by atoms with Crippen LogP contribution in [0.25, 0.3) is 0 Å². The zero-order valence-corrected chi connectivity index (χ0v) is 12.5. The third kappa shape index (κ3) is 5.90. The Morgan fingerprint density at radius 3 is 2.18 bits per heavy atom. The molecule has 120 valence electrons. The van der Waals surface area contributed by atoms with Gasteiger partial charge >= 0.3 is 11.9 Å². The van der Waals surface area contributed by atoms with Crippen LogP contribution < -0.4 is 0 Å². The molecular weight excluding hydrogens is 293 g/mol. The van der Waals surface area contributed by atoms with Crippen LogP contribution >= 0.6 is 0 Å². The van der Waals surface area contributed by atoms with Crippen LogP contribution in [0.15, 0.2) is 24.3 Å². The van der Waals surface area contributed by atoms with Crippen molar-refractivity contribution in [2.45, 2.75) is 12.8 Å². The predicted molar refractivity (Wildman–Crippen MR) is 75.3 cm³/mol. The molecule has 22 heavy (non-hydrogen) atoms. The van der Waals surface area contributed by atoms with Crippen molar-refractivity contribution in [1.29, 1.82) is 0 Å². The van der Waals surface area contributed by atoms with E-state index in [1.165, 1.54) is 43.4 Å². The van der Waals surface area contributed by atoms with E-state index in [2.05, 4.69) is 9.47 Å². The molecule has 1 aromatic carbocycles. The maximum Gasteiger partial charge on any atom is 0.325 e. The van der Waals surface area contributed by atoms with Crippen molar-refractivity contribution in [3.63, 3.8) is 0 Å². The number of benzene rings is 1. The Kier molecular flexibility index (Phi) is 7.01. The van der Waals surface area contributed by atoms with E-state index in [4.69, 9.17) is 0 Å². The van der Waals surface area contributed by atoms with Crippen LogP contribution in [0, 0.1) is 5.82 Å². The molecule has 1 amide bonds. The van der Waals surface area contributed by atoms with E-state index in [-0.39, 0.29) is 31.8 Å². The van der Waals surface area contributed by atoms with Crippen molar-refractivity contribution in [3.05, 3.63) is 35.6 Å². The maximum absolute atomic E-state index is 12.8. The number of hydrogen-bond acceptors (Lipinski definition) is 5. The zero-order valence-electron chi connectivity index (χ0n) is 12.5. The van der Waals surface area contributed by atoms with Crippen LogP contribution in [0.2, 0.25) is 0 Å². The largest absolute Gasteiger partial charge is 0.469 e. The Bertz CT molecular complexity index is 529. The number of rotatable bonds is 7. The molecule has 0 fully saturated rings. The molecule has 0 radical (unpaired) electrons. The average molecular weight is 311 g/mol. The molecule has 6 nitrogen and oxygen atoms in total. The minimum Gasteiger partial charge on any atom is -0.469 e. The summed E-state index contributed by atoms with van der Waals surface area (Å²) in [4.78, 5) is 36.0. The predicted octanol–water partition coefficient (Wildman–Crippen LogP) is 0.933. The van der Waals surface area contributed by atoms with Crippen LogP contribution in [0.4, 0.5) is 4.39 Å². The van der Waals surface area contributed by atoms with Crippen LogP contribution in [0.5, 0.6) is 0 Å². The molecule has 0 unspecified atom stereocenters. The molecule has 0 spiro atoms. The van der Waals surface area contributed by atoms with Gasteiger partial charge in [0.05, 0.1) is 27.1 Å². The SMILES string of the molecule is COC(=O)CCN(CC(=O)OC)C(=O)Cc1ccc(F)cc1. The summed E-state index contributed by atoms with van der Waals surface area (Å²) in [5, 5.41) is 0. The number of esters is 2. The summed E-state index contributed by atoms with van der Waals surface area (Å²) < 4.78 is 21.9. The lowest BCUT2D eigenvalue weighted by molar-refractivity contribution is -0.148. The average Bonchev–Trinajstić information content (AvgIpc) is 2.52. The van der Waals surface area contributed by atoms with Gasteiger partial charge in [-0.05, 0) is 17.7 Å². The van der Waals surface area contributed by atoms with E-state index in [0.717, 1.165) is 0 Å². The van der Waals surface area contributed by atoms with E-state index >= 15 is 0 Å². The van der Waals surface area contributed by atoms with E-state index in [1.807, 2.05) is 0 Å². The Hall–Kier alpha value is -2.44. The minimum absolute atomic E-state index is 0.00154. The number of halogens is 1. The number of methoxy groups -OCH3 is 2. The summed E-state index contributed by atoms with van der Waals surface area (Å²) >= 11 is 0. The van der Waals surface area contributed by atoms with E-state index < -0.39 is 17.8 Å². The highest BCUT2D eigenvalue weighted by Gasteiger charge is 2.19. The molecule has 1 rings (SSSR count). The van der Waals surface area contributed by atoms with Gasteiger partial charge in [-0.25, -0.2) is 4.39 Å². The zero-order chi connectivity index (χ0) is 16.5. The first kappa shape index (κ1) is 17.6. The molecule has 1 aromatic rings. The molecule has 0 N–H and O–H groups in total. The number of hydrogen-bond donors (Lipinski definition) is 0. The Morgan fingerprint density at radius 2 is 1.64 bits per heavy atom. The third-order valence-corrected chi connectivity index (χ3v) is 2.98. The second-order valence-electron chi connectivity index (χ2n) is 4.52. The normalized spacial score (nSPS) is 9.95. The summed E-state index contributed by atoms with van der Waals surface area (Å²) in [5.74, 6) is -1.82. The van der Waals surface area contributed by atoms with Crippen LogP contribution in [-0.4, -0.2) is 50.1 Å². The molecule has 0 aromatic heterocycles. The molecule has 0 saturated heterocycles. The number of ether oxygens (including phenoxy) is 2. The van der Waals surface area contributed by atoms with Gasteiger partial charge in [0.2, 0.25) is 5.91 Å². The Morgan fingerprint density at radius 1 is 1.05 bits per heavy atom.